The number of nitrogens with two attached hydrogens (primary N) is 1. The van der Waals surface area contributed by atoms with Crippen molar-refractivity contribution >= 4 is 10.2 Å². The largest absolute Gasteiger partial charge is 0.325 e. The zero-order valence-corrected chi connectivity index (χ0v) is 11.2. The maximum atomic E-state index is 12.1. The van der Waals surface area contributed by atoms with Crippen LogP contribution in [0.4, 0.5) is 0 Å². The van der Waals surface area contributed by atoms with Gasteiger partial charge in [-0.15, -0.1) is 0 Å². The molecule has 0 unspecified atom stereocenters. The van der Waals surface area contributed by atoms with E-state index in [0.717, 1.165) is 11.3 Å². The van der Waals surface area contributed by atoms with E-state index in [0.29, 0.717) is 32.7 Å². The molecule has 0 aromatic carbocycles. The van der Waals surface area contributed by atoms with Gasteiger partial charge in [0.1, 0.15) is 0 Å². The minimum atomic E-state index is -3.30. The van der Waals surface area contributed by atoms with Gasteiger partial charge >= 0.3 is 0 Å². The average Bonchev–Trinajstić information content (AvgIpc) is 2.65. The highest BCUT2D eigenvalue weighted by molar-refractivity contribution is 7.87. The predicted octanol–water partition coefficient (Wildman–Crippen LogP) is -0.0774. The molecule has 2 N–H and O–H groups in total. The summed E-state index contributed by atoms with van der Waals surface area (Å²) in [4.78, 5) is 4.17. The van der Waals surface area contributed by atoms with Gasteiger partial charge in [0.05, 0.1) is 5.69 Å². The van der Waals surface area contributed by atoms with E-state index in [4.69, 9.17) is 5.73 Å². The van der Waals surface area contributed by atoms with E-state index in [1.807, 2.05) is 13.0 Å². The number of rotatable bonds is 4. The highest BCUT2D eigenvalue weighted by Gasteiger charge is 2.35. The van der Waals surface area contributed by atoms with Gasteiger partial charge in [0.2, 0.25) is 0 Å². The second-order valence-electron chi connectivity index (χ2n) is 4.15. The van der Waals surface area contributed by atoms with E-state index >= 15 is 0 Å². The van der Waals surface area contributed by atoms with Gasteiger partial charge in [0.25, 0.3) is 10.2 Å². The Morgan fingerprint density at radius 3 is 2.72 bits per heavy atom. The Balaban J connectivity index is 2.20. The van der Waals surface area contributed by atoms with Crippen molar-refractivity contribution in [3.05, 3.63) is 29.6 Å². The number of hydrogen-bond acceptors (Lipinski definition) is 4. The lowest BCUT2D eigenvalue weighted by molar-refractivity contribution is 0.441. The first-order chi connectivity index (χ1) is 8.59. The van der Waals surface area contributed by atoms with Crippen LogP contribution in [-0.4, -0.2) is 41.6 Å². The number of hydrogen-bond donors (Lipinski definition) is 1. The minimum absolute atomic E-state index is 0.321. The SMILES string of the molecule is CCN1CCN(Cc2cccnc2CN)S1(=O)=O. The lowest BCUT2D eigenvalue weighted by Gasteiger charge is -2.18. The number of pyridine rings is 1. The van der Waals surface area contributed by atoms with Crippen LogP contribution in [0.1, 0.15) is 18.2 Å². The Hall–Kier alpha value is -1.02. The predicted molar refractivity (Wildman–Crippen MR) is 68.7 cm³/mol. The highest BCUT2D eigenvalue weighted by atomic mass is 32.2. The van der Waals surface area contributed by atoms with Crippen molar-refractivity contribution in [3.63, 3.8) is 0 Å². The Bertz CT molecular complexity index is 518. The first kappa shape index (κ1) is 13.4. The summed E-state index contributed by atoms with van der Waals surface area (Å²) in [5.41, 5.74) is 7.23. The smallest absolute Gasteiger partial charge is 0.282 e. The zero-order valence-electron chi connectivity index (χ0n) is 10.4. The molecule has 1 aliphatic rings. The molecule has 1 aromatic heterocycles. The van der Waals surface area contributed by atoms with Gasteiger partial charge in [-0.25, -0.2) is 0 Å². The van der Waals surface area contributed by atoms with Gasteiger partial charge in [-0.1, -0.05) is 13.0 Å². The molecule has 0 bridgehead atoms. The quantitative estimate of drug-likeness (QED) is 0.830. The normalized spacial score (nSPS) is 20.3. The summed E-state index contributed by atoms with van der Waals surface area (Å²) in [7, 11) is -3.30. The van der Waals surface area contributed by atoms with Crippen LogP contribution in [0, 0.1) is 0 Å². The Morgan fingerprint density at radius 1 is 1.39 bits per heavy atom. The van der Waals surface area contributed by atoms with Crippen molar-refractivity contribution in [2.45, 2.75) is 20.0 Å². The Labute approximate surface area is 108 Å². The molecule has 1 saturated heterocycles. The lowest BCUT2D eigenvalue weighted by Crippen LogP contribution is -2.33. The first-order valence-electron chi connectivity index (χ1n) is 5.97. The first-order valence-corrected chi connectivity index (χ1v) is 7.37. The van der Waals surface area contributed by atoms with E-state index in [-0.39, 0.29) is 0 Å². The van der Waals surface area contributed by atoms with E-state index in [2.05, 4.69) is 4.98 Å². The third-order valence-corrected chi connectivity index (χ3v) is 5.19. The molecule has 2 heterocycles. The minimum Gasteiger partial charge on any atom is -0.325 e. The second kappa shape index (κ2) is 5.31. The van der Waals surface area contributed by atoms with Gasteiger partial charge in [-0.2, -0.15) is 17.0 Å². The molecule has 18 heavy (non-hydrogen) atoms. The maximum absolute atomic E-state index is 12.1. The fourth-order valence-corrected chi connectivity index (χ4v) is 3.67. The lowest BCUT2D eigenvalue weighted by atomic mass is 10.2. The van der Waals surface area contributed by atoms with Crippen LogP contribution in [0.3, 0.4) is 0 Å². The molecule has 6 nitrogen and oxygen atoms in total. The molecular formula is C11H18N4O2S. The van der Waals surface area contributed by atoms with Crippen molar-refractivity contribution in [2.75, 3.05) is 19.6 Å². The molecule has 2 rings (SSSR count). The van der Waals surface area contributed by atoms with E-state index in [9.17, 15) is 8.42 Å². The van der Waals surface area contributed by atoms with Crippen LogP contribution in [0.25, 0.3) is 0 Å². The molecule has 1 aromatic rings. The van der Waals surface area contributed by atoms with E-state index in [1.165, 1.54) is 8.61 Å². The molecule has 0 saturated carbocycles. The van der Waals surface area contributed by atoms with Crippen molar-refractivity contribution in [1.82, 2.24) is 13.6 Å². The van der Waals surface area contributed by atoms with Crippen molar-refractivity contribution in [1.29, 1.82) is 0 Å². The van der Waals surface area contributed by atoms with Gasteiger partial charge in [0.15, 0.2) is 0 Å². The summed E-state index contributed by atoms with van der Waals surface area (Å²) in [6.07, 6.45) is 1.67. The topological polar surface area (TPSA) is 79.5 Å². The van der Waals surface area contributed by atoms with Crippen molar-refractivity contribution in [2.24, 2.45) is 5.73 Å². The molecule has 0 radical (unpaired) electrons. The summed E-state index contributed by atoms with van der Waals surface area (Å²) in [6, 6.07) is 3.67. The van der Waals surface area contributed by atoms with Crippen molar-refractivity contribution < 1.29 is 8.42 Å². The molecule has 0 atom stereocenters. The van der Waals surface area contributed by atoms with Crippen LogP contribution in [0.2, 0.25) is 0 Å². The monoisotopic (exact) mass is 270 g/mol. The van der Waals surface area contributed by atoms with Crippen LogP contribution < -0.4 is 5.73 Å². The van der Waals surface area contributed by atoms with Gasteiger partial charge in [-0.05, 0) is 11.6 Å². The fourth-order valence-electron chi connectivity index (χ4n) is 2.09. The second-order valence-corrected chi connectivity index (χ2v) is 6.07. The summed E-state index contributed by atoms with van der Waals surface area (Å²) >= 11 is 0. The maximum Gasteiger partial charge on any atom is 0.282 e. The summed E-state index contributed by atoms with van der Waals surface area (Å²) in [5.74, 6) is 0. The van der Waals surface area contributed by atoms with Crippen LogP contribution in [-0.2, 0) is 23.3 Å². The number of aromatic nitrogens is 1. The molecule has 0 spiro atoms. The van der Waals surface area contributed by atoms with E-state index in [1.54, 1.807) is 12.3 Å². The van der Waals surface area contributed by atoms with Crippen LogP contribution in [0.5, 0.6) is 0 Å². The van der Waals surface area contributed by atoms with Gasteiger partial charge in [-0.3, -0.25) is 4.98 Å². The fraction of sp³-hybridized carbons (Fsp3) is 0.545. The Morgan fingerprint density at radius 2 is 2.11 bits per heavy atom. The number of likely N-dealkylation sites (N-methyl/N-ethyl adjacent to an activating group) is 1. The number of nitrogens with zero attached hydrogens (tertiary/aromatic N) is 3. The average molecular weight is 270 g/mol. The molecule has 7 heteroatoms. The summed E-state index contributed by atoms with van der Waals surface area (Å²) in [5, 5.41) is 0. The summed E-state index contributed by atoms with van der Waals surface area (Å²) in [6.45, 7) is 4.10. The molecular weight excluding hydrogens is 252 g/mol. The zero-order chi connectivity index (χ0) is 13.2. The van der Waals surface area contributed by atoms with Gasteiger partial charge in [0, 0.05) is 38.9 Å². The standard InChI is InChI=1S/C11H18N4O2S/c1-2-14-6-7-15(18(14,16)17)9-10-4-3-5-13-11(10)8-12/h3-5H,2,6-9,12H2,1H3. The van der Waals surface area contributed by atoms with Crippen molar-refractivity contribution in [3.8, 4) is 0 Å². The molecule has 1 fully saturated rings. The Kier molecular flexibility index (Phi) is 3.96. The third-order valence-electron chi connectivity index (χ3n) is 3.13. The van der Waals surface area contributed by atoms with E-state index < -0.39 is 10.2 Å². The van der Waals surface area contributed by atoms with Crippen LogP contribution in [0.15, 0.2) is 18.3 Å². The third kappa shape index (κ3) is 2.39. The van der Waals surface area contributed by atoms with Gasteiger partial charge < -0.3 is 5.73 Å². The highest BCUT2D eigenvalue weighted by Crippen LogP contribution is 2.19. The molecule has 0 amide bonds. The molecule has 100 valence electrons. The summed E-state index contributed by atoms with van der Waals surface area (Å²) < 4.78 is 27.2. The molecule has 1 aliphatic heterocycles. The van der Waals surface area contributed by atoms with Crippen LogP contribution >= 0.6 is 0 Å². The molecule has 0 aliphatic carbocycles.